The first-order valence-electron chi connectivity index (χ1n) is 6.90. The average molecular weight is 340 g/mol. The highest BCUT2D eigenvalue weighted by Gasteiger charge is 2.19. The van der Waals surface area contributed by atoms with Crippen molar-refractivity contribution < 1.29 is 19.2 Å². The summed E-state index contributed by atoms with van der Waals surface area (Å²) in [5, 5.41) is 24.3. The van der Waals surface area contributed by atoms with E-state index in [1.165, 1.54) is 31.4 Å². The zero-order valence-electron chi connectivity index (χ0n) is 13.0. The number of nitriles is 1. The Hall–Kier alpha value is -3.93. The number of methoxy groups -OCH3 is 1. The number of para-hydroxylation sites is 1. The van der Waals surface area contributed by atoms with Crippen molar-refractivity contribution in [2.75, 3.05) is 17.7 Å². The quantitative estimate of drug-likeness (QED) is 0.497. The van der Waals surface area contributed by atoms with E-state index in [2.05, 4.69) is 10.6 Å². The lowest BCUT2D eigenvalue weighted by Crippen LogP contribution is -2.29. The van der Waals surface area contributed by atoms with Crippen LogP contribution in [0.1, 0.15) is 5.56 Å². The number of carbonyl (C=O) groups is 2. The normalized spacial score (nSPS) is 9.60. The zero-order valence-corrected chi connectivity index (χ0v) is 13.0. The van der Waals surface area contributed by atoms with Crippen molar-refractivity contribution in [3.63, 3.8) is 0 Å². The molecule has 0 fully saturated rings. The predicted octanol–water partition coefficient (Wildman–Crippen LogP) is 2.05. The molecule has 0 radical (unpaired) electrons. The van der Waals surface area contributed by atoms with Gasteiger partial charge in [0.2, 0.25) is 0 Å². The van der Waals surface area contributed by atoms with Crippen LogP contribution in [0.15, 0.2) is 42.5 Å². The molecule has 9 nitrogen and oxygen atoms in total. The molecule has 126 valence electrons. The molecule has 0 aliphatic carbocycles. The first kappa shape index (κ1) is 17.4. The van der Waals surface area contributed by atoms with Gasteiger partial charge in [-0.1, -0.05) is 12.1 Å². The smallest absolute Gasteiger partial charge is 0.314 e. The SMILES string of the molecule is COc1cc([N+](=O)[O-])ccc1NC(=O)C(=O)Nc1ccccc1C#N. The van der Waals surface area contributed by atoms with Crippen molar-refractivity contribution in [1.29, 1.82) is 5.26 Å². The van der Waals surface area contributed by atoms with Crippen LogP contribution in [0, 0.1) is 21.4 Å². The Morgan fingerprint density at radius 1 is 1.12 bits per heavy atom. The van der Waals surface area contributed by atoms with Gasteiger partial charge < -0.3 is 15.4 Å². The fraction of sp³-hybridized carbons (Fsp3) is 0.0625. The Bertz CT molecular complexity index is 888. The molecule has 9 heteroatoms. The summed E-state index contributed by atoms with van der Waals surface area (Å²) < 4.78 is 4.98. The molecule has 2 rings (SSSR count). The minimum Gasteiger partial charge on any atom is -0.494 e. The van der Waals surface area contributed by atoms with Crippen LogP contribution in [0.4, 0.5) is 17.1 Å². The number of anilines is 2. The van der Waals surface area contributed by atoms with Crippen LogP contribution in [0.3, 0.4) is 0 Å². The van der Waals surface area contributed by atoms with Gasteiger partial charge in [0, 0.05) is 6.07 Å². The summed E-state index contributed by atoms with van der Waals surface area (Å²) >= 11 is 0. The second-order valence-corrected chi connectivity index (χ2v) is 4.71. The van der Waals surface area contributed by atoms with Gasteiger partial charge in [0.1, 0.15) is 11.8 Å². The number of nitro groups is 1. The van der Waals surface area contributed by atoms with Crippen LogP contribution in [0.2, 0.25) is 0 Å². The predicted molar refractivity (Wildman–Crippen MR) is 88.1 cm³/mol. The molecule has 0 unspecified atom stereocenters. The van der Waals surface area contributed by atoms with Crippen molar-refractivity contribution in [2.24, 2.45) is 0 Å². The standard InChI is InChI=1S/C16H12N4O5/c1-25-14-8-11(20(23)24)6-7-13(14)19-16(22)15(21)18-12-5-3-2-4-10(12)9-17/h2-8H,1H3,(H,18,21)(H,19,22). The van der Waals surface area contributed by atoms with Gasteiger partial charge in [-0.15, -0.1) is 0 Å². The summed E-state index contributed by atoms with van der Waals surface area (Å²) in [6, 6.07) is 11.6. The second-order valence-electron chi connectivity index (χ2n) is 4.71. The first-order valence-corrected chi connectivity index (χ1v) is 6.90. The largest absolute Gasteiger partial charge is 0.494 e. The van der Waals surface area contributed by atoms with Crippen molar-refractivity contribution in [1.82, 2.24) is 0 Å². The summed E-state index contributed by atoms with van der Waals surface area (Å²) in [5.74, 6) is -1.98. The topological polar surface area (TPSA) is 134 Å². The monoisotopic (exact) mass is 340 g/mol. The third-order valence-corrected chi connectivity index (χ3v) is 3.15. The maximum atomic E-state index is 12.0. The number of hydrogen-bond acceptors (Lipinski definition) is 6. The van der Waals surface area contributed by atoms with Gasteiger partial charge in [-0.25, -0.2) is 0 Å². The molecule has 0 aromatic heterocycles. The average Bonchev–Trinajstić information content (AvgIpc) is 2.62. The molecular weight excluding hydrogens is 328 g/mol. The summed E-state index contributed by atoms with van der Waals surface area (Å²) in [4.78, 5) is 34.1. The number of non-ortho nitro benzene ring substituents is 1. The molecule has 25 heavy (non-hydrogen) atoms. The van der Waals surface area contributed by atoms with Crippen LogP contribution < -0.4 is 15.4 Å². The minimum atomic E-state index is -1.01. The number of carbonyl (C=O) groups excluding carboxylic acids is 2. The van der Waals surface area contributed by atoms with Crippen molar-refractivity contribution >= 4 is 28.9 Å². The summed E-state index contributed by atoms with van der Waals surface area (Å²) in [6.07, 6.45) is 0. The Morgan fingerprint density at radius 3 is 2.36 bits per heavy atom. The van der Waals surface area contributed by atoms with Gasteiger partial charge in [-0.3, -0.25) is 19.7 Å². The lowest BCUT2D eigenvalue weighted by Gasteiger charge is -2.10. The van der Waals surface area contributed by atoms with E-state index in [1.54, 1.807) is 12.1 Å². The van der Waals surface area contributed by atoms with Gasteiger partial charge >= 0.3 is 11.8 Å². The molecule has 0 atom stereocenters. The molecule has 0 aliphatic rings. The maximum Gasteiger partial charge on any atom is 0.314 e. The highest BCUT2D eigenvalue weighted by Crippen LogP contribution is 2.29. The summed E-state index contributed by atoms with van der Waals surface area (Å²) in [5.41, 5.74) is 0.279. The Morgan fingerprint density at radius 2 is 1.76 bits per heavy atom. The van der Waals surface area contributed by atoms with Crippen molar-refractivity contribution in [2.45, 2.75) is 0 Å². The van der Waals surface area contributed by atoms with Gasteiger partial charge in [-0.2, -0.15) is 5.26 Å². The van der Waals surface area contributed by atoms with E-state index in [-0.39, 0.29) is 28.4 Å². The van der Waals surface area contributed by atoms with Gasteiger partial charge in [0.05, 0.1) is 35.0 Å². The van der Waals surface area contributed by atoms with E-state index >= 15 is 0 Å². The number of hydrogen-bond donors (Lipinski definition) is 2. The second kappa shape index (κ2) is 7.56. The third kappa shape index (κ3) is 4.08. The van der Waals surface area contributed by atoms with E-state index in [0.29, 0.717) is 0 Å². The number of rotatable bonds is 4. The summed E-state index contributed by atoms with van der Waals surface area (Å²) in [7, 11) is 1.28. The number of benzene rings is 2. The lowest BCUT2D eigenvalue weighted by atomic mass is 10.2. The lowest BCUT2D eigenvalue weighted by molar-refractivity contribution is -0.384. The third-order valence-electron chi connectivity index (χ3n) is 3.15. The van der Waals surface area contributed by atoms with E-state index < -0.39 is 16.7 Å². The highest BCUT2D eigenvalue weighted by molar-refractivity contribution is 6.43. The highest BCUT2D eigenvalue weighted by atomic mass is 16.6. The fourth-order valence-corrected chi connectivity index (χ4v) is 1.94. The van der Waals surface area contributed by atoms with E-state index in [9.17, 15) is 19.7 Å². The van der Waals surface area contributed by atoms with Crippen LogP contribution in [0.5, 0.6) is 5.75 Å². The number of nitrogens with one attached hydrogen (secondary N) is 2. The maximum absolute atomic E-state index is 12.0. The van der Waals surface area contributed by atoms with E-state index in [4.69, 9.17) is 10.00 Å². The van der Waals surface area contributed by atoms with E-state index in [0.717, 1.165) is 6.07 Å². The molecule has 0 heterocycles. The Labute approximate surface area is 142 Å². The van der Waals surface area contributed by atoms with E-state index in [1.807, 2.05) is 6.07 Å². The van der Waals surface area contributed by atoms with Crippen molar-refractivity contribution in [3.8, 4) is 11.8 Å². The van der Waals surface area contributed by atoms with Crippen LogP contribution >= 0.6 is 0 Å². The van der Waals surface area contributed by atoms with Gasteiger partial charge in [-0.05, 0) is 18.2 Å². The molecule has 0 bridgehead atoms. The molecule has 0 aliphatic heterocycles. The van der Waals surface area contributed by atoms with Crippen molar-refractivity contribution in [3.05, 3.63) is 58.1 Å². The molecule has 2 N–H and O–H groups in total. The number of nitrogens with zero attached hydrogens (tertiary/aromatic N) is 2. The Kier molecular flexibility index (Phi) is 5.27. The Balaban J connectivity index is 2.15. The molecule has 0 spiro atoms. The van der Waals surface area contributed by atoms with Gasteiger partial charge in [0.25, 0.3) is 5.69 Å². The molecule has 2 amide bonds. The van der Waals surface area contributed by atoms with Crippen LogP contribution in [-0.2, 0) is 9.59 Å². The molecular formula is C16H12N4O5. The molecule has 2 aromatic carbocycles. The number of ether oxygens (including phenoxy) is 1. The first-order chi connectivity index (χ1) is 12.0. The molecule has 0 saturated heterocycles. The summed E-state index contributed by atoms with van der Waals surface area (Å²) in [6.45, 7) is 0. The number of nitro benzene ring substituents is 1. The fourth-order valence-electron chi connectivity index (χ4n) is 1.94. The number of amides is 2. The minimum absolute atomic E-state index is 0.0350. The zero-order chi connectivity index (χ0) is 18.4. The molecule has 2 aromatic rings. The van der Waals surface area contributed by atoms with Crippen LogP contribution in [0.25, 0.3) is 0 Å². The van der Waals surface area contributed by atoms with Crippen LogP contribution in [-0.4, -0.2) is 23.8 Å². The van der Waals surface area contributed by atoms with Gasteiger partial charge in [0.15, 0.2) is 0 Å². The molecule has 0 saturated carbocycles.